The first-order chi connectivity index (χ1) is 9.11. The number of likely N-dealkylation sites (tertiary alicyclic amines) is 1. The second-order valence-electron chi connectivity index (χ2n) is 5.86. The third-order valence-corrected chi connectivity index (χ3v) is 4.69. The Morgan fingerprint density at radius 3 is 2.84 bits per heavy atom. The Labute approximate surface area is 114 Å². The second kappa shape index (κ2) is 4.41. The fourth-order valence-electron chi connectivity index (χ4n) is 3.33. The van der Waals surface area contributed by atoms with Crippen LogP contribution in [0.25, 0.3) is 0 Å². The zero-order chi connectivity index (χ0) is 13.5. The third kappa shape index (κ3) is 1.93. The molecular formula is C16H20N2O. The van der Waals surface area contributed by atoms with E-state index in [2.05, 4.69) is 18.8 Å². The van der Waals surface area contributed by atoms with E-state index in [-0.39, 0.29) is 11.3 Å². The molecule has 3 nitrogen and oxygen atoms in total. The normalized spacial score (nSPS) is 29.8. The Bertz CT molecular complexity index is 511. The van der Waals surface area contributed by atoms with Crippen molar-refractivity contribution in [1.29, 1.82) is 0 Å². The van der Waals surface area contributed by atoms with E-state index < -0.39 is 0 Å². The smallest absolute Gasteiger partial charge is 0.253 e. The molecule has 2 aliphatic heterocycles. The van der Waals surface area contributed by atoms with Crippen molar-refractivity contribution in [2.45, 2.75) is 13.3 Å². The lowest BCUT2D eigenvalue weighted by molar-refractivity contribution is 0.0779. The molecule has 1 amide bonds. The summed E-state index contributed by atoms with van der Waals surface area (Å²) in [6, 6.07) is 9.55. The molecule has 3 heteroatoms. The van der Waals surface area contributed by atoms with Crippen LogP contribution >= 0.6 is 0 Å². The van der Waals surface area contributed by atoms with E-state index in [4.69, 9.17) is 0 Å². The van der Waals surface area contributed by atoms with E-state index >= 15 is 0 Å². The topological polar surface area (TPSA) is 32.3 Å². The zero-order valence-corrected chi connectivity index (χ0v) is 11.4. The van der Waals surface area contributed by atoms with E-state index in [0.717, 1.165) is 37.3 Å². The van der Waals surface area contributed by atoms with E-state index in [1.165, 1.54) is 0 Å². The number of amides is 1. The maximum absolute atomic E-state index is 12.5. The van der Waals surface area contributed by atoms with Gasteiger partial charge >= 0.3 is 0 Å². The minimum atomic E-state index is 0.0304. The summed E-state index contributed by atoms with van der Waals surface area (Å²) in [7, 11) is 0. The quantitative estimate of drug-likeness (QED) is 0.836. The summed E-state index contributed by atoms with van der Waals surface area (Å²) in [6.07, 6.45) is 1.12. The highest BCUT2D eigenvalue weighted by molar-refractivity contribution is 5.94. The van der Waals surface area contributed by atoms with Gasteiger partial charge in [0.15, 0.2) is 0 Å². The molecule has 0 aliphatic carbocycles. The Kier molecular flexibility index (Phi) is 2.85. The number of carbonyl (C=O) groups excluding carboxylic acids is 1. The average molecular weight is 256 g/mol. The van der Waals surface area contributed by atoms with Crippen LogP contribution in [0, 0.1) is 11.3 Å². The molecule has 2 fully saturated rings. The molecule has 2 heterocycles. The van der Waals surface area contributed by atoms with Gasteiger partial charge in [-0.3, -0.25) is 4.79 Å². The van der Waals surface area contributed by atoms with Gasteiger partial charge in [0, 0.05) is 36.3 Å². The van der Waals surface area contributed by atoms with Crippen LogP contribution in [0.5, 0.6) is 0 Å². The molecule has 2 aliphatic rings. The fourth-order valence-corrected chi connectivity index (χ4v) is 3.33. The molecule has 2 unspecified atom stereocenters. The summed E-state index contributed by atoms with van der Waals surface area (Å²) in [5, 5.41) is 3.36. The van der Waals surface area contributed by atoms with E-state index in [0.29, 0.717) is 5.92 Å². The molecule has 0 saturated carbocycles. The van der Waals surface area contributed by atoms with Crippen LogP contribution in [0.1, 0.15) is 23.7 Å². The van der Waals surface area contributed by atoms with Crippen molar-refractivity contribution >= 4 is 5.91 Å². The number of nitrogens with zero attached hydrogens (tertiary/aromatic N) is 1. The van der Waals surface area contributed by atoms with Crippen LogP contribution in [-0.4, -0.2) is 30.4 Å². The van der Waals surface area contributed by atoms with E-state index in [1.54, 1.807) is 0 Å². The van der Waals surface area contributed by atoms with Gasteiger partial charge in [-0.2, -0.15) is 0 Å². The Morgan fingerprint density at radius 2 is 2.16 bits per heavy atom. The van der Waals surface area contributed by atoms with Crippen molar-refractivity contribution in [2.24, 2.45) is 11.3 Å². The molecule has 2 atom stereocenters. The standard InChI is InChI=1S/C16H20N2O/c1-12-16(2)11-18(10-14(16)8-9-17-12)15(19)13-6-4-3-5-7-13/h3-7,14,17H,1,8-11H2,2H3. The lowest BCUT2D eigenvalue weighted by atomic mass is 9.73. The lowest BCUT2D eigenvalue weighted by Crippen LogP contribution is -2.41. The van der Waals surface area contributed by atoms with Crippen molar-refractivity contribution in [2.75, 3.05) is 19.6 Å². The maximum atomic E-state index is 12.5. The van der Waals surface area contributed by atoms with Crippen molar-refractivity contribution < 1.29 is 4.79 Å². The monoisotopic (exact) mass is 256 g/mol. The van der Waals surface area contributed by atoms with Gasteiger partial charge in [0.05, 0.1) is 0 Å². The minimum Gasteiger partial charge on any atom is -0.388 e. The number of nitrogens with one attached hydrogen (secondary N) is 1. The summed E-state index contributed by atoms with van der Waals surface area (Å²) in [5.74, 6) is 0.679. The zero-order valence-electron chi connectivity index (χ0n) is 11.4. The molecule has 1 aromatic rings. The molecule has 0 aromatic heterocycles. The van der Waals surface area contributed by atoms with Gasteiger partial charge in [-0.1, -0.05) is 31.7 Å². The largest absolute Gasteiger partial charge is 0.388 e. The summed E-state index contributed by atoms with van der Waals surface area (Å²) >= 11 is 0. The molecular weight excluding hydrogens is 236 g/mol. The predicted molar refractivity (Wildman–Crippen MR) is 75.7 cm³/mol. The highest BCUT2D eigenvalue weighted by atomic mass is 16.2. The molecule has 1 aromatic carbocycles. The van der Waals surface area contributed by atoms with Gasteiger partial charge in [0.25, 0.3) is 5.91 Å². The van der Waals surface area contributed by atoms with Gasteiger partial charge < -0.3 is 10.2 Å². The average Bonchev–Trinajstić information content (AvgIpc) is 2.79. The maximum Gasteiger partial charge on any atom is 0.253 e. The number of carbonyl (C=O) groups is 1. The fraction of sp³-hybridized carbons (Fsp3) is 0.438. The van der Waals surface area contributed by atoms with Crippen LogP contribution in [0.2, 0.25) is 0 Å². The molecule has 0 radical (unpaired) electrons. The highest BCUT2D eigenvalue weighted by Gasteiger charge is 2.47. The summed E-state index contributed by atoms with van der Waals surface area (Å²) in [5.41, 5.74) is 1.90. The van der Waals surface area contributed by atoms with Crippen LogP contribution in [-0.2, 0) is 0 Å². The van der Waals surface area contributed by atoms with Crippen LogP contribution in [0.3, 0.4) is 0 Å². The first kappa shape index (κ1) is 12.3. The Morgan fingerprint density at radius 1 is 1.42 bits per heavy atom. The number of rotatable bonds is 1. The van der Waals surface area contributed by atoms with E-state index in [1.807, 2.05) is 35.2 Å². The van der Waals surface area contributed by atoms with Gasteiger partial charge in [-0.25, -0.2) is 0 Å². The number of benzene rings is 1. The van der Waals surface area contributed by atoms with Crippen molar-refractivity contribution in [3.05, 3.63) is 48.2 Å². The Hall–Kier alpha value is -1.77. The van der Waals surface area contributed by atoms with Crippen LogP contribution in [0.15, 0.2) is 42.6 Å². The number of piperidine rings is 1. The summed E-state index contributed by atoms with van der Waals surface area (Å²) in [4.78, 5) is 14.5. The number of hydrogen-bond acceptors (Lipinski definition) is 2. The van der Waals surface area contributed by atoms with Gasteiger partial charge in [-0.15, -0.1) is 0 Å². The minimum absolute atomic E-state index is 0.0304. The van der Waals surface area contributed by atoms with Gasteiger partial charge in [-0.05, 0) is 24.5 Å². The molecule has 1 N–H and O–H groups in total. The lowest BCUT2D eigenvalue weighted by Gasteiger charge is -2.37. The second-order valence-corrected chi connectivity index (χ2v) is 5.86. The molecule has 100 valence electrons. The molecule has 0 bridgehead atoms. The molecule has 2 saturated heterocycles. The van der Waals surface area contributed by atoms with Crippen molar-refractivity contribution in [1.82, 2.24) is 10.2 Å². The molecule has 3 rings (SSSR count). The summed E-state index contributed by atoms with van der Waals surface area (Å²) < 4.78 is 0. The first-order valence-corrected chi connectivity index (χ1v) is 6.89. The molecule has 0 spiro atoms. The van der Waals surface area contributed by atoms with Crippen LogP contribution < -0.4 is 5.32 Å². The number of fused-ring (bicyclic) bond motifs is 1. The van der Waals surface area contributed by atoms with Crippen molar-refractivity contribution in [3.63, 3.8) is 0 Å². The predicted octanol–water partition coefficient (Wildman–Crippen LogP) is 2.27. The van der Waals surface area contributed by atoms with E-state index in [9.17, 15) is 4.79 Å². The van der Waals surface area contributed by atoms with Gasteiger partial charge in [0.1, 0.15) is 0 Å². The molecule has 19 heavy (non-hydrogen) atoms. The van der Waals surface area contributed by atoms with Crippen LogP contribution in [0.4, 0.5) is 0 Å². The Balaban J connectivity index is 1.82. The summed E-state index contributed by atoms with van der Waals surface area (Å²) in [6.45, 7) is 8.98. The van der Waals surface area contributed by atoms with Crippen molar-refractivity contribution in [3.8, 4) is 0 Å². The third-order valence-electron chi connectivity index (χ3n) is 4.69. The SMILES string of the molecule is C=C1NCCC2CN(C(=O)c3ccccc3)CC12C. The van der Waals surface area contributed by atoms with Gasteiger partial charge in [0.2, 0.25) is 0 Å². The highest BCUT2D eigenvalue weighted by Crippen LogP contribution is 2.44. The number of hydrogen-bond donors (Lipinski definition) is 1. The first-order valence-electron chi connectivity index (χ1n) is 6.89.